The summed E-state index contributed by atoms with van der Waals surface area (Å²) >= 11 is 6.73. The van der Waals surface area contributed by atoms with Crippen molar-refractivity contribution in [2.45, 2.75) is 30.7 Å². The zero-order chi connectivity index (χ0) is 27.0. The van der Waals surface area contributed by atoms with E-state index in [1.54, 1.807) is 30.6 Å². The molecule has 0 saturated heterocycles. The van der Waals surface area contributed by atoms with Gasteiger partial charge in [-0.1, -0.05) is 28.9 Å². The molecule has 1 unspecified atom stereocenters. The third kappa shape index (κ3) is 4.91. The first kappa shape index (κ1) is 24.9. The van der Waals surface area contributed by atoms with Crippen LogP contribution >= 0.6 is 11.6 Å². The Balaban J connectivity index is 1.40. The Labute approximate surface area is 229 Å². The summed E-state index contributed by atoms with van der Waals surface area (Å²) in [5.41, 5.74) is 2.95. The molecule has 3 heterocycles. The molecule has 12 heteroatoms. The molecule has 2 aromatic carbocycles. The minimum absolute atomic E-state index is 0.322. The first-order valence-electron chi connectivity index (χ1n) is 12.7. The van der Waals surface area contributed by atoms with Crippen molar-refractivity contribution in [2.24, 2.45) is 0 Å². The number of pyridine rings is 1. The van der Waals surface area contributed by atoms with Crippen molar-refractivity contribution >= 4 is 41.7 Å². The van der Waals surface area contributed by atoms with Crippen LogP contribution in [0.5, 0.6) is 0 Å². The van der Waals surface area contributed by atoms with Crippen LogP contribution in [0.1, 0.15) is 41.5 Å². The van der Waals surface area contributed by atoms with Gasteiger partial charge in [0, 0.05) is 42.6 Å². The lowest BCUT2D eigenvalue weighted by molar-refractivity contribution is 0.610. The second-order valence-corrected chi connectivity index (χ2v) is 10.2. The van der Waals surface area contributed by atoms with Crippen molar-refractivity contribution < 1.29 is 4.39 Å². The molecule has 1 fully saturated rings. The number of hydrogen-bond acceptors (Lipinski definition) is 7. The number of hydrogen-bond donors (Lipinski definition) is 3. The van der Waals surface area contributed by atoms with Gasteiger partial charge in [-0.15, -0.1) is 5.10 Å². The summed E-state index contributed by atoms with van der Waals surface area (Å²) in [6.45, 7) is 0.550. The number of aromatic amines is 1. The minimum Gasteiger partial charge on any atom is -0.383 e. The monoisotopic (exact) mass is 539 g/mol. The summed E-state index contributed by atoms with van der Waals surface area (Å²) in [5, 5.41) is 26.7. The molecule has 0 amide bonds. The fraction of sp³-hybridized carbons (Fsp3) is 0.222. The van der Waals surface area contributed by atoms with Crippen molar-refractivity contribution in [2.75, 3.05) is 17.2 Å². The van der Waals surface area contributed by atoms with Crippen molar-refractivity contribution in [3.05, 3.63) is 94.7 Å². The van der Waals surface area contributed by atoms with Gasteiger partial charge in [0.15, 0.2) is 0 Å². The van der Waals surface area contributed by atoms with E-state index in [9.17, 15) is 9.65 Å². The smallest absolute Gasteiger partial charge is 0.148 e. The van der Waals surface area contributed by atoms with Gasteiger partial charge in [-0.25, -0.2) is 14.1 Å². The van der Waals surface area contributed by atoms with E-state index in [2.05, 4.69) is 42.0 Å². The van der Waals surface area contributed by atoms with Crippen molar-refractivity contribution in [1.82, 2.24) is 29.9 Å². The molecule has 1 aliphatic carbocycles. The maximum atomic E-state index is 13.8. The molecule has 9 nitrogen and oxygen atoms in total. The molecule has 0 aliphatic heterocycles. The maximum absolute atomic E-state index is 13.8. The molecule has 0 radical (unpaired) electrons. The zero-order valence-electron chi connectivity index (χ0n) is 21.1. The quantitative estimate of drug-likeness (QED) is 0.241. The second kappa shape index (κ2) is 10.0. The van der Waals surface area contributed by atoms with Gasteiger partial charge in [0.25, 0.3) is 0 Å². The molecule has 3 aromatic heterocycles. The molecule has 1 saturated carbocycles. The van der Waals surface area contributed by atoms with Gasteiger partial charge < -0.3 is 15.6 Å². The fourth-order valence-corrected chi connectivity index (χ4v) is 5.00. The van der Waals surface area contributed by atoms with E-state index >= 15 is 0 Å². The Morgan fingerprint density at radius 1 is 1.23 bits per heavy atom. The lowest BCUT2D eigenvalue weighted by atomic mass is 9.69. The summed E-state index contributed by atoms with van der Waals surface area (Å²) in [6, 6.07) is 12.6. The van der Waals surface area contributed by atoms with Gasteiger partial charge in [0.05, 0.1) is 39.5 Å². The second-order valence-electron chi connectivity index (χ2n) is 9.80. The topological polar surface area (TPSA) is 120 Å². The van der Waals surface area contributed by atoms with E-state index in [4.69, 9.17) is 11.6 Å². The number of benzene rings is 2. The number of H-pyrrole nitrogens is 1. The number of fused-ring (bicyclic) bond motifs is 1. The van der Waals surface area contributed by atoms with Crippen LogP contribution in [0.4, 0.5) is 15.8 Å². The van der Waals surface area contributed by atoms with Gasteiger partial charge in [-0.05, 0) is 42.7 Å². The van der Waals surface area contributed by atoms with Gasteiger partial charge in [0.2, 0.25) is 0 Å². The highest BCUT2D eigenvalue weighted by Crippen LogP contribution is 2.38. The van der Waals surface area contributed by atoms with Gasteiger partial charge in [0.1, 0.15) is 31.3 Å². The van der Waals surface area contributed by atoms with Crippen LogP contribution in [0.25, 0.3) is 10.9 Å². The van der Waals surface area contributed by atoms with Crippen molar-refractivity contribution in [3.8, 4) is 6.07 Å². The molecule has 1 aliphatic rings. The SMILES string of the molecule is BC(Nc1cc(Cl)c2ncc(C#N)c(NCCc3ncc[nH]3)c2c1)(c1ccc(F)cc1)c1cn(C2CC2)nn1. The molecule has 6 rings (SSSR count). The van der Waals surface area contributed by atoms with Crippen molar-refractivity contribution in [1.29, 1.82) is 5.26 Å². The first-order chi connectivity index (χ1) is 18.9. The average Bonchev–Trinajstić information content (AvgIpc) is 3.41. The number of nitriles is 1. The average molecular weight is 540 g/mol. The van der Waals surface area contributed by atoms with E-state index in [-0.39, 0.29) is 5.82 Å². The Kier molecular flexibility index (Phi) is 6.41. The number of imidazole rings is 1. The third-order valence-corrected chi connectivity index (χ3v) is 7.31. The zero-order valence-corrected chi connectivity index (χ0v) is 21.9. The van der Waals surface area contributed by atoms with Gasteiger partial charge in [-0.3, -0.25) is 4.98 Å². The number of nitrogens with one attached hydrogen (secondary N) is 3. The highest BCUT2D eigenvalue weighted by molar-refractivity contribution is 6.36. The van der Waals surface area contributed by atoms with Crippen LogP contribution in [0, 0.1) is 17.1 Å². The molecule has 0 bridgehead atoms. The third-order valence-electron chi connectivity index (χ3n) is 7.02. The lowest BCUT2D eigenvalue weighted by Gasteiger charge is -2.31. The van der Waals surface area contributed by atoms with E-state index in [0.29, 0.717) is 57.6 Å². The summed E-state index contributed by atoms with van der Waals surface area (Å²) in [4.78, 5) is 11.8. The van der Waals surface area contributed by atoms with E-state index in [0.717, 1.165) is 24.2 Å². The predicted octanol–water partition coefficient (Wildman–Crippen LogP) is 4.15. The molecule has 39 heavy (non-hydrogen) atoms. The normalized spacial score (nSPS) is 14.6. The van der Waals surface area contributed by atoms with Crippen LogP contribution in [0.15, 0.2) is 61.2 Å². The Morgan fingerprint density at radius 2 is 2.05 bits per heavy atom. The number of anilines is 2. The molecule has 5 aromatic rings. The maximum Gasteiger partial charge on any atom is 0.148 e. The Bertz CT molecular complexity index is 1680. The minimum atomic E-state index is -0.856. The number of aromatic nitrogens is 6. The molecule has 0 spiro atoms. The fourth-order valence-electron chi connectivity index (χ4n) is 4.73. The Hall–Kier alpha value is -4.43. The van der Waals surface area contributed by atoms with E-state index in [1.807, 2.05) is 24.8 Å². The van der Waals surface area contributed by atoms with Gasteiger partial charge >= 0.3 is 0 Å². The van der Waals surface area contributed by atoms with Crippen molar-refractivity contribution in [3.63, 3.8) is 0 Å². The molecule has 3 N–H and O–H groups in total. The number of halogens is 2. The summed E-state index contributed by atoms with van der Waals surface area (Å²) in [5.74, 6) is 0.519. The standard InChI is InChI=1S/C27H24BClFN9/c28-27(17-1-3-18(30)4-2-17,23-15-39(38-37-23)20-5-6-20)36-19-11-21-25(34-8-7-24-32-9-10-33-24)16(13-31)14-35-26(21)22(29)12-19/h1-4,9-12,14-15,20,36H,5-8,28H2,(H,32,33)(H,34,35). The predicted molar refractivity (Wildman–Crippen MR) is 150 cm³/mol. The van der Waals surface area contributed by atoms with Crippen LogP contribution < -0.4 is 10.6 Å². The molecule has 1 atom stereocenters. The summed E-state index contributed by atoms with van der Waals surface area (Å²) in [6.07, 6.45) is 9.74. The van der Waals surface area contributed by atoms with Gasteiger partial charge in [-0.2, -0.15) is 5.26 Å². The van der Waals surface area contributed by atoms with E-state index in [1.165, 1.54) is 18.3 Å². The number of rotatable bonds is 9. The lowest BCUT2D eigenvalue weighted by Crippen LogP contribution is -2.37. The van der Waals surface area contributed by atoms with Crippen LogP contribution in [0.3, 0.4) is 0 Å². The number of nitrogens with zero attached hydrogens (tertiary/aromatic N) is 6. The highest BCUT2D eigenvalue weighted by Gasteiger charge is 2.34. The van der Waals surface area contributed by atoms with Crippen LogP contribution in [-0.2, 0) is 11.9 Å². The molecular formula is C27H24BClFN9. The largest absolute Gasteiger partial charge is 0.383 e. The molecular weight excluding hydrogens is 516 g/mol. The Morgan fingerprint density at radius 3 is 2.77 bits per heavy atom. The summed E-state index contributed by atoms with van der Waals surface area (Å²) < 4.78 is 15.7. The molecule has 194 valence electrons. The summed E-state index contributed by atoms with van der Waals surface area (Å²) in [7, 11) is 1.98. The van der Waals surface area contributed by atoms with E-state index < -0.39 is 5.44 Å². The van der Waals surface area contributed by atoms with Crippen LogP contribution in [-0.4, -0.2) is 44.3 Å². The van der Waals surface area contributed by atoms with Crippen LogP contribution in [0.2, 0.25) is 5.02 Å². The highest BCUT2D eigenvalue weighted by atomic mass is 35.5. The first-order valence-corrected chi connectivity index (χ1v) is 13.0.